The number of hydrogen-bond acceptors (Lipinski definition) is 4. The van der Waals surface area contributed by atoms with Gasteiger partial charge in [-0.2, -0.15) is 0 Å². The number of benzene rings is 1. The summed E-state index contributed by atoms with van der Waals surface area (Å²) in [5.74, 6) is -0.403. The minimum Gasteiger partial charge on any atom is -0.462 e. The van der Waals surface area contributed by atoms with Crippen molar-refractivity contribution in [2.24, 2.45) is 0 Å². The van der Waals surface area contributed by atoms with Gasteiger partial charge in [-0.15, -0.1) is 0 Å². The fourth-order valence-electron chi connectivity index (χ4n) is 1.34. The molecule has 0 aliphatic carbocycles. The molecular weight excluding hydrogens is 268 g/mol. The van der Waals surface area contributed by atoms with Crippen LogP contribution in [-0.2, 0) is 25.6 Å². The van der Waals surface area contributed by atoms with Crippen LogP contribution in [0.1, 0.15) is 19.4 Å². The number of ether oxygens (including phenoxy) is 3. The molecule has 0 saturated heterocycles. The lowest BCUT2D eigenvalue weighted by Gasteiger charge is -2.09. The largest absolute Gasteiger partial charge is 0.462 e. The van der Waals surface area contributed by atoms with Crippen molar-refractivity contribution in [2.45, 2.75) is 26.6 Å². The Morgan fingerprint density at radius 2 is 2.00 bits per heavy atom. The van der Waals surface area contributed by atoms with E-state index in [2.05, 4.69) is 0 Å². The molecule has 4 nitrogen and oxygen atoms in total. The zero-order valence-electron chi connectivity index (χ0n) is 11.2. The first-order valence-corrected chi connectivity index (χ1v) is 6.55. The fourth-order valence-corrected chi connectivity index (χ4v) is 1.53. The first-order valence-electron chi connectivity index (χ1n) is 6.18. The molecule has 0 atom stereocenters. The van der Waals surface area contributed by atoms with Crippen molar-refractivity contribution in [2.75, 3.05) is 19.8 Å². The maximum Gasteiger partial charge on any atom is 0.332 e. The van der Waals surface area contributed by atoms with E-state index in [1.807, 2.05) is 32.0 Å². The van der Waals surface area contributed by atoms with Gasteiger partial charge in [-0.05, 0) is 25.5 Å². The summed E-state index contributed by atoms with van der Waals surface area (Å²) in [4.78, 5) is 11.3. The van der Waals surface area contributed by atoms with E-state index in [1.165, 1.54) is 0 Å². The summed E-state index contributed by atoms with van der Waals surface area (Å²) in [7, 11) is 0. The lowest BCUT2D eigenvalue weighted by Crippen LogP contribution is -2.17. The van der Waals surface area contributed by atoms with Gasteiger partial charge in [-0.1, -0.05) is 29.8 Å². The molecule has 19 heavy (non-hydrogen) atoms. The SMILES string of the molecule is CC(C)OCCOC(=O)COCc1ccccc1Cl. The van der Waals surface area contributed by atoms with E-state index in [1.54, 1.807) is 6.07 Å². The number of halogens is 1. The van der Waals surface area contributed by atoms with Crippen molar-refractivity contribution in [1.82, 2.24) is 0 Å². The number of carbonyl (C=O) groups is 1. The Labute approximate surface area is 118 Å². The summed E-state index contributed by atoms with van der Waals surface area (Å²) < 4.78 is 15.4. The summed E-state index contributed by atoms with van der Waals surface area (Å²) in [6.45, 7) is 4.69. The van der Waals surface area contributed by atoms with Crippen LogP contribution in [0.4, 0.5) is 0 Å². The van der Waals surface area contributed by atoms with Crippen LogP contribution in [0.25, 0.3) is 0 Å². The van der Waals surface area contributed by atoms with Crippen LogP contribution in [0.5, 0.6) is 0 Å². The molecule has 0 radical (unpaired) electrons. The topological polar surface area (TPSA) is 44.8 Å². The maximum absolute atomic E-state index is 11.3. The average molecular weight is 287 g/mol. The molecule has 5 heteroatoms. The summed E-state index contributed by atoms with van der Waals surface area (Å²) in [6, 6.07) is 7.34. The Kier molecular flexibility index (Phi) is 7.48. The van der Waals surface area contributed by atoms with Crippen LogP contribution in [0, 0.1) is 0 Å². The molecule has 1 aromatic rings. The van der Waals surface area contributed by atoms with Crippen molar-refractivity contribution in [3.63, 3.8) is 0 Å². The highest BCUT2D eigenvalue weighted by Gasteiger charge is 2.05. The second-order valence-electron chi connectivity index (χ2n) is 4.22. The van der Waals surface area contributed by atoms with Gasteiger partial charge in [-0.25, -0.2) is 4.79 Å². The third-order valence-electron chi connectivity index (χ3n) is 2.23. The van der Waals surface area contributed by atoms with E-state index in [0.717, 1.165) is 5.56 Å². The monoisotopic (exact) mass is 286 g/mol. The van der Waals surface area contributed by atoms with E-state index < -0.39 is 5.97 Å². The zero-order valence-corrected chi connectivity index (χ0v) is 12.0. The molecule has 1 rings (SSSR count). The highest BCUT2D eigenvalue weighted by Crippen LogP contribution is 2.15. The lowest BCUT2D eigenvalue weighted by molar-refractivity contribution is -0.151. The van der Waals surface area contributed by atoms with E-state index in [9.17, 15) is 4.79 Å². The van der Waals surface area contributed by atoms with Crippen LogP contribution in [0.3, 0.4) is 0 Å². The fraction of sp³-hybridized carbons (Fsp3) is 0.500. The van der Waals surface area contributed by atoms with E-state index in [-0.39, 0.29) is 25.9 Å². The standard InChI is InChI=1S/C14H19ClO4/c1-11(2)18-7-8-19-14(16)10-17-9-12-5-3-4-6-13(12)15/h3-6,11H,7-10H2,1-2H3. The quantitative estimate of drug-likeness (QED) is 0.544. The summed E-state index contributed by atoms with van der Waals surface area (Å²) in [5, 5.41) is 0.626. The minimum absolute atomic E-state index is 0.0904. The Morgan fingerprint density at radius 1 is 1.26 bits per heavy atom. The third kappa shape index (κ3) is 7.15. The van der Waals surface area contributed by atoms with Crippen molar-refractivity contribution < 1.29 is 19.0 Å². The molecule has 0 amide bonds. The van der Waals surface area contributed by atoms with Crippen molar-refractivity contribution in [3.05, 3.63) is 34.9 Å². The Morgan fingerprint density at radius 3 is 2.68 bits per heavy atom. The molecule has 0 aliphatic rings. The molecule has 0 N–H and O–H groups in total. The van der Waals surface area contributed by atoms with Crippen LogP contribution in [0.15, 0.2) is 24.3 Å². The zero-order chi connectivity index (χ0) is 14.1. The lowest BCUT2D eigenvalue weighted by atomic mass is 10.2. The highest BCUT2D eigenvalue weighted by molar-refractivity contribution is 6.31. The molecule has 0 aliphatic heterocycles. The highest BCUT2D eigenvalue weighted by atomic mass is 35.5. The second-order valence-corrected chi connectivity index (χ2v) is 4.63. The number of hydrogen-bond donors (Lipinski definition) is 0. The van der Waals surface area contributed by atoms with Gasteiger partial charge in [0.1, 0.15) is 13.2 Å². The molecule has 0 heterocycles. The van der Waals surface area contributed by atoms with Gasteiger partial charge in [0.05, 0.1) is 19.3 Å². The van der Waals surface area contributed by atoms with Gasteiger partial charge in [0.2, 0.25) is 0 Å². The van der Waals surface area contributed by atoms with Gasteiger partial charge in [0.25, 0.3) is 0 Å². The number of esters is 1. The molecule has 0 saturated carbocycles. The Bertz CT molecular complexity index is 393. The summed E-state index contributed by atoms with van der Waals surface area (Å²) in [5.41, 5.74) is 0.847. The second kappa shape index (κ2) is 8.91. The normalized spacial score (nSPS) is 10.7. The minimum atomic E-state index is -0.403. The predicted octanol–water partition coefficient (Wildman–Crippen LogP) is 2.82. The van der Waals surface area contributed by atoms with Gasteiger partial charge >= 0.3 is 5.97 Å². The van der Waals surface area contributed by atoms with Crippen molar-refractivity contribution in [1.29, 1.82) is 0 Å². The summed E-state index contributed by atoms with van der Waals surface area (Å²) >= 11 is 5.96. The van der Waals surface area contributed by atoms with E-state index in [0.29, 0.717) is 11.6 Å². The predicted molar refractivity (Wildman–Crippen MR) is 73.2 cm³/mol. The van der Waals surface area contributed by atoms with Crippen LogP contribution >= 0.6 is 11.6 Å². The van der Waals surface area contributed by atoms with Crippen LogP contribution in [0.2, 0.25) is 5.02 Å². The number of carbonyl (C=O) groups excluding carboxylic acids is 1. The molecule has 0 unspecified atom stereocenters. The third-order valence-corrected chi connectivity index (χ3v) is 2.60. The average Bonchev–Trinajstić information content (AvgIpc) is 2.37. The Balaban J connectivity index is 2.12. The summed E-state index contributed by atoms with van der Waals surface area (Å²) in [6.07, 6.45) is 0.134. The van der Waals surface area contributed by atoms with Gasteiger partial charge in [0, 0.05) is 5.02 Å². The first kappa shape index (κ1) is 16.0. The molecular formula is C14H19ClO4. The smallest absolute Gasteiger partial charge is 0.332 e. The maximum atomic E-state index is 11.3. The van der Waals surface area contributed by atoms with Gasteiger partial charge in [-0.3, -0.25) is 0 Å². The molecule has 0 aromatic heterocycles. The Hall–Kier alpha value is -1.10. The molecule has 1 aromatic carbocycles. The van der Waals surface area contributed by atoms with Gasteiger partial charge in [0.15, 0.2) is 0 Å². The first-order chi connectivity index (χ1) is 9.09. The molecule has 0 fully saturated rings. The molecule has 0 spiro atoms. The van der Waals surface area contributed by atoms with Crippen molar-refractivity contribution >= 4 is 17.6 Å². The molecule has 106 valence electrons. The van der Waals surface area contributed by atoms with E-state index in [4.69, 9.17) is 25.8 Å². The van der Waals surface area contributed by atoms with Crippen LogP contribution < -0.4 is 0 Å². The van der Waals surface area contributed by atoms with Crippen LogP contribution in [-0.4, -0.2) is 31.9 Å². The van der Waals surface area contributed by atoms with Gasteiger partial charge < -0.3 is 14.2 Å². The molecule has 0 bridgehead atoms. The van der Waals surface area contributed by atoms with E-state index >= 15 is 0 Å². The number of rotatable bonds is 8. The van der Waals surface area contributed by atoms with Crippen molar-refractivity contribution in [3.8, 4) is 0 Å².